The highest BCUT2D eigenvalue weighted by Gasteiger charge is 2.22. The van der Waals surface area contributed by atoms with Crippen LogP contribution in [-0.2, 0) is 10.0 Å². The molecule has 0 unspecified atom stereocenters. The molecule has 0 saturated carbocycles. The van der Waals surface area contributed by atoms with E-state index in [4.69, 9.17) is 4.74 Å². The van der Waals surface area contributed by atoms with Gasteiger partial charge in [-0.2, -0.15) is 0 Å². The average Bonchev–Trinajstić information content (AvgIpc) is 2.46. The Hall–Kier alpha value is -1.05. The smallest absolute Gasteiger partial charge is 0.264 e. The summed E-state index contributed by atoms with van der Waals surface area (Å²) in [5.74, 6) is 0.582. The third-order valence-electron chi connectivity index (χ3n) is 2.95. The summed E-state index contributed by atoms with van der Waals surface area (Å²) in [4.78, 5) is 0.192. The number of halogens is 2. The normalized spacial score (nSPS) is 11.2. The van der Waals surface area contributed by atoms with Crippen LogP contribution in [0.2, 0.25) is 0 Å². The molecule has 0 atom stereocenters. The lowest BCUT2D eigenvalue weighted by atomic mass is 10.3. The fourth-order valence-corrected chi connectivity index (χ4v) is 4.07. The van der Waals surface area contributed by atoms with Crippen LogP contribution in [0, 0.1) is 0 Å². The molecule has 0 aliphatic rings. The van der Waals surface area contributed by atoms with Crippen LogP contribution in [0.4, 0.5) is 5.69 Å². The molecule has 0 fully saturated rings. The van der Waals surface area contributed by atoms with E-state index in [0.29, 0.717) is 15.9 Å². The maximum absolute atomic E-state index is 12.6. The number of sulfonamides is 1. The monoisotopic (exact) mass is 433 g/mol. The second-order valence-corrected chi connectivity index (χ2v) is 7.99. The van der Waals surface area contributed by atoms with Crippen molar-refractivity contribution >= 4 is 47.6 Å². The number of anilines is 1. The summed E-state index contributed by atoms with van der Waals surface area (Å²) in [6.07, 6.45) is 0. The van der Waals surface area contributed by atoms with Gasteiger partial charge in [0.05, 0.1) is 22.2 Å². The van der Waals surface area contributed by atoms with Gasteiger partial charge in [-0.1, -0.05) is 22.0 Å². The highest BCUT2D eigenvalue weighted by molar-refractivity contribution is 9.10. The first-order chi connectivity index (χ1) is 9.86. The number of hydrogen-bond donors (Lipinski definition) is 0. The molecule has 0 saturated heterocycles. The number of ether oxygens (including phenoxy) is 1. The minimum atomic E-state index is -3.63. The third kappa shape index (κ3) is 3.41. The van der Waals surface area contributed by atoms with Gasteiger partial charge in [-0.15, -0.1) is 0 Å². The lowest BCUT2D eigenvalue weighted by Gasteiger charge is -2.20. The highest BCUT2D eigenvalue weighted by atomic mass is 79.9. The average molecular weight is 435 g/mol. The predicted octanol–water partition coefficient (Wildman–Crippen LogP) is 4.05. The summed E-state index contributed by atoms with van der Waals surface area (Å²) in [7, 11) is -0.577. The van der Waals surface area contributed by atoms with Gasteiger partial charge in [-0.05, 0) is 52.3 Å². The number of rotatable bonds is 4. The molecule has 0 N–H and O–H groups in total. The van der Waals surface area contributed by atoms with Crippen molar-refractivity contribution in [1.29, 1.82) is 0 Å². The van der Waals surface area contributed by atoms with Crippen LogP contribution in [0.1, 0.15) is 0 Å². The van der Waals surface area contributed by atoms with Crippen molar-refractivity contribution in [1.82, 2.24) is 0 Å². The maximum atomic E-state index is 12.6. The van der Waals surface area contributed by atoms with E-state index in [1.54, 1.807) is 24.3 Å². The summed E-state index contributed by atoms with van der Waals surface area (Å²) in [5.41, 5.74) is 0.580. The molecule has 0 aliphatic carbocycles. The quantitative estimate of drug-likeness (QED) is 0.729. The van der Waals surface area contributed by atoms with E-state index in [1.165, 1.54) is 30.6 Å². The largest absolute Gasteiger partial charge is 0.496 e. The minimum absolute atomic E-state index is 0.192. The van der Waals surface area contributed by atoms with Crippen LogP contribution >= 0.6 is 31.9 Å². The number of hydrogen-bond acceptors (Lipinski definition) is 3. The van der Waals surface area contributed by atoms with E-state index in [1.807, 2.05) is 6.07 Å². The minimum Gasteiger partial charge on any atom is -0.496 e. The lowest BCUT2D eigenvalue weighted by molar-refractivity contribution is 0.411. The van der Waals surface area contributed by atoms with Gasteiger partial charge in [0.25, 0.3) is 10.0 Å². The van der Waals surface area contributed by atoms with E-state index in [2.05, 4.69) is 31.9 Å². The Morgan fingerprint density at radius 1 is 1.10 bits per heavy atom. The number of nitrogens with zero attached hydrogens (tertiary/aromatic N) is 1. The van der Waals surface area contributed by atoms with Crippen LogP contribution < -0.4 is 9.04 Å². The summed E-state index contributed by atoms with van der Waals surface area (Å²) in [6, 6.07) is 11.8. The summed E-state index contributed by atoms with van der Waals surface area (Å²) in [5, 5.41) is 0. The Morgan fingerprint density at radius 3 is 2.38 bits per heavy atom. The van der Waals surface area contributed by atoms with Crippen molar-refractivity contribution in [3.8, 4) is 5.75 Å². The van der Waals surface area contributed by atoms with Crippen molar-refractivity contribution in [3.05, 3.63) is 51.4 Å². The maximum Gasteiger partial charge on any atom is 0.264 e. The third-order valence-corrected chi connectivity index (χ3v) is 5.85. The van der Waals surface area contributed by atoms with Gasteiger partial charge < -0.3 is 4.74 Å². The second-order valence-electron chi connectivity index (χ2n) is 4.25. The highest BCUT2D eigenvalue weighted by Crippen LogP contribution is 2.30. The van der Waals surface area contributed by atoms with Gasteiger partial charge in [0.2, 0.25) is 0 Å². The van der Waals surface area contributed by atoms with Gasteiger partial charge in [-0.3, -0.25) is 4.31 Å². The molecule has 2 rings (SSSR count). The molecule has 0 amide bonds. The Bertz CT molecular complexity index is 763. The number of benzene rings is 2. The lowest BCUT2D eigenvalue weighted by Crippen LogP contribution is -2.26. The molecule has 2 aromatic rings. The molecule has 21 heavy (non-hydrogen) atoms. The van der Waals surface area contributed by atoms with Crippen molar-refractivity contribution < 1.29 is 13.2 Å². The molecule has 4 nitrogen and oxygen atoms in total. The zero-order chi connectivity index (χ0) is 15.6. The van der Waals surface area contributed by atoms with E-state index in [0.717, 1.165) is 4.47 Å². The fourth-order valence-electron chi connectivity index (χ4n) is 1.78. The Balaban J connectivity index is 2.44. The first kappa shape index (κ1) is 16.3. The second kappa shape index (κ2) is 6.37. The molecular weight excluding hydrogens is 422 g/mol. The van der Waals surface area contributed by atoms with Crippen LogP contribution in [0.5, 0.6) is 5.75 Å². The molecule has 7 heteroatoms. The molecule has 0 bridgehead atoms. The van der Waals surface area contributed by atoms with E-state index in [-0.39, 0.29) is 4.90 Å². The zero-order valence-electron chi connectivity index (χ0n) is 11.4. The van der Waals surface area contributed by atoms with Crippen molar-refractivity contribution in [3.63, 3.8) is 0 Å². The van der Waals surface area contributed by atoms with E-state index < -0.39 is 10.0 Å². The van der Waals surface area contributed by atoms with E-state index in [9.17, 15) is 8.42 Å². The molecule has 0 aromatic heterocycles. The van der Waals surface area contributed by atoms with Crippen LogP contribution in [0.3, 0.4) is 0 Å². The van der Waals surface area contributed by atoms with Gasteiger partial charge in [0, 0.05) is 11.5 Å². The first-order valence-electron chi connectivity index (χ1n) is 5.94. The SMILES string of the molecule is COc1ccc(S(=O)(=O)N(C)c2cccc(Br)c2)cc1Br. The molecule has 2 aromatic carbocycles. The Kier molecular flexibility index (Phi) is 4.95. The van der Waals surface area contributed by atoms with Crippen molar-refractivity contribution in [2.24, 2.45) is 0 Å². The molecule has 0 spiro atoms. The first-order valence-corrected chi connectivity index (χ1v) is 8.97. The van der Waals surface area contributed by atoms with Crippen molar-refractivity contribution in [2.75, 3.05) is 18.5 Å². The molecule has 0 radical (unpaired) electrons. The Morgan fingerprint density at radius 2 is 1.81 bits per heavy atom. The van der Waals surface area contributed by atoms with Gasteiger partial charge >= 0.3 is 0 Å². The van der Waals surface area contributed by atoms with Crippen LogP contribution in [0.15, 0.2) is 56.3 Å². The van der Waals surface area contributed by atoms with Gasteiger partial charge in [0.15, 0.2) is 0 Å². The van der Waals surface area contributed by atoms with Crippen LogP contribution in [0.25, 0.3) is 0 Å². The summed E-state index contributed by atoms with van der Waals surface area (Å²) >= 11 is 6.64. The molecular formula is C14H13Br2NO3S. The van der Waals surface area contributed by atoms with Crippen LogP contribution in [-0.4, -0.2) is 22.6 Å². The standard InChI is InChI=1S/C14H13Br2NO3S/c1-17(11-5-3-4-10(15)8-11)21(18,19)12-6-7-14(20-2)13(16)9-12/h3-9H,1-2H3. The molecule has 0 heterocycles. The van der Waals surface area contributed by atoms with Gasteiger partial charge in [-0.25, -0.2) is 8.42 Å². The fraction of sp³-hybridized carbons (Fsp3) is 0.143. The van der Waals surface area contributed by atoms with E-state index >= 15 is 0 Å². The topological polar surface area (TPSA) is 46.6 Å². The zero-order valence-corrected chi connectivity index (χ0v) is 15.4. The Labute approximate surface area is 141 Å². The predicted molar refractivity (Wildman–Crippen MR) is 90.4 cm³/mol. The molecule has 112 valence electrons. The van der Waals surface area contributed by atoms with Gasteiger partial charge in [0.1, 0.15) is 5.75 Å². The number of methoxy groups -OCH3 is 1. The summed E-state index contributed by atoms with van der Waals surface area (Å²) < 4.78 is 33.1. The molecule has 0 aliphatic heterocycles. The van der Waals surface area contributed by atoms with Crippen molar-refractivity contribution in [2.45, 2.75) is 4.90 Å². The summed E-state index contributed by atoms with van der Waals surface area (Å²) in [6.45, 7) is 0.